The number of carbonyl (C=O) groups excluding carboxylic acids is 1. The third kappa shape index (κ3) is 1.98. The van der Waals surface area contributed by atoms with Crippen molar-refractivity contribution in [3.8, 4) is 5.75 Å². The van der Waals surface area contributed by atoms with E-state index < -0.39 is 0 Å². The standard InChI is InChI=1S/C14H14FNO2/c15-11-1-3-12(4-2-11)18-9-13-14(17)10-5-7-16(13)8-6-10/h1-4,9-10H,5-8H2/b13-9-. The summed E-state index contributed by atoms with van der Waals surface area (Å²) in [5.41, 5.74) is 0.654. The van der Waals surface area contributed by atoms with Gasteiger partial charge in [-0.1, -0.05) is 0 Å². The zero-order valence-electron chi connectivity index (χ0n) is 9.93. The first kappa shape index (κ1) is 11.3. The number of ketones is 1. The number of benzene rings is 1. The van der Waals surface area contributed by atoms with Crippen LogP contribution in [0.5, 0.6) is 5.75 Å². The minimum atomic E-state index is -0.299. The van der Waals surface area contributed by atoms with Crippen molar-refractivity contribution in [1.29, 1.82) is 0 Å². The summed E-state index contributed by atoms with van der Waals surface area (Å²) in [6.45, 7) is 1.85. The van der Waals surface area contributed by atoms with Gasteiger partial charge in [0.2, 0.25) is 0 Å². The molecule has 0 N–H and O–H groups in total. The number of carbonyl (C=O) groups is 1. The molecule has 94 valence electrons. The maximum absolute atomic E-state index is 12.7. The fourth-order valence-electron chi connectivity index (χ4n) is 2.52. The van der Waals surface area contributed by atoms with Crippen molar-refractivity contribution in [2.75, 3.05) is 13.1 Å². The largest absolute Gasteiger partial charge is 0.463 e. The molecular weight excluding hydrogens is 233 g/mol. The van der Waals surface area contributed by atoms with Crippen LogP contribution in [-0.4, -0.2) is 23.8 Å². The molecule has 2 bridgehead atoms. The second kappa shape index (κ2) is 4.44. The van der Waals surface area contributed by atoms with Gasteiger partial charge in [0.15, 0.2) is 5.78 Å². The maximum Gasteiger partial charge on any atom is 0.185 e. The third-order valence-corrected chi connectivity index (χ3v) is 3.58. The number of fused-ring (bicyclic) bond motifs is 3. The normalized spacial score (nSPS) is 21.7. The topological polar surface area (TPSA) is 29.5 Å². The van der Waals surface area contributed by atoms with Gasteiger partial charge >= 0.3 is 0 Å². The molecule has 4 heteroatoms. The highest BCUT2D eigenvalue weighted by molar-refractivity contribution is 5.97. The molecule has 0 aromatic heterocycles. The Balaban J connectivity index is 1.76. The molecule has 1 aromatic carbocycles. The molecule has 0 saturated carbocycles. The molecule has 18 heavy (non-hydrogen) atoms. The number of halogens is 1. The van der Waals surface area contributed by atoms with Crippen LogP contribution < -0.4 is 4.74 Å². The summed E-state index contributed by atoms with van der Waals surface area (Å²) < 4.78 is 18.2. The van der Waals surface area contributed by atoms with Crippen LogP contribution in [0.3, 0.4) is 0 Å². The van der Waals surface area contributed by atoms with E-state index in [1.807, 2.05) is 0 Å². The maximum atomic E-state index is 12.7. The molecule has 3 heterocycles. The highest BCUT2D eigenvalue weighted by atomic mass is 19.1. The Morgan fingerprint density at radius 2 is 1.89 bits per heavy atom. The van der Waals surface area contributed by atoms with Crippen LogP contribution in [-0.2, 0) is 4.79 Å². The minimum absolute atomic E-state index is 0.165. The van der Waals surface area contributed by atoms with Crippen molar-refractivity contribution in [3.05, 3.63) is 42.0 Å². The van der Waals surface area contributed by atoms with Gasteiger partial charge in [-0.05, 0) is 37.1 Å². The lowest BCUT2D eigenvalue weighted by molar-refractivity contribution is -0.125. The Kier molecular flexibility index (Phi) is 2.78. The SMILES string of the molecule is O=C1/C(=C/Oc2ccc(F)cc2)N2CCC1CC2. The summed E-state index contributed by atoms with van der Waals surface area (Å²) in [6.07, 6.45) is 3.40. The van der Waals surface area contributed by atoms with Crippen molar-refractivity contribution in [2.24, 2.45) is 5.92 Å². The van der Waals surface area contributed by atoms with E-state index in [1.165, 1.54) is 18.4 Å². The summed E-state index contributed by atoms with van der Waals surface area (Å²) >= 11 is 0. The van der Waals surface area contributed by atoms with Gasteiger partial charge in [-0.25, -0.2) is 4.39 Å². The number of nitrogens with zero attached hydrogens (tertiary/aromatic N) is 1. The average molecular weight is 247 g/mol. The third-order valence-electron chi connectivity index (χ3n) is 3.58. The lowest BCUT2D eigenvalue weighted by Gasteiger charge is -2.40. The summed E-state index contributed by atoms with van der Waals surface area (Å²) in [7, 11) is 0. The molecule has 0 aliphatic carbocycles. The van der Waals surface area contributed by atoms with Crippen LogP contribution in [0.2, 0.25) is 0 Å². The van der Waals surface area contributed by atoms with Gasteiger partial charge in [-0.3, -0.25) is 4.79 Å². The van der Waals surface area contributed by atoms with Crippen molar-refractivity contribution in [2.45, 2.75) is 12.8 Å². The summed E-state index contributed by atoms with van der Waals surface area (Å²) in [4.78, 5) is 14.1. The van der Waals surface area contributed by atoms with Crippen LogP contribution in [0, 0.1) is 11.7 Å². The molecule has 3 aliphatic heterocycles. The van der Waals surface area contributed by atoms with Gasteiger partial charge in [-0.15, -0.1) is 0 Å². The summed E-state index contributed by atoms with van der Waals surface area (Å²) in [5.74, 6) is 0.582. The number of hydrogen-bond acceptors (Lipinski definition) is 3. The fourth-order valence-corrected chi connectivity index (χ4v) is 2.52. The van der Waals surface area contributed by atoms with E-state index in [4.69, 9.17) is 4.74 Å². The lowest BCUT2D eigenvalue weighted by atomic mass is 9.85. The number of hydrogen-bond donors (Lipinski definition) is 0. The molecule has 0 amide bonds. The quantitative estimate of drug-likeness (QED) is 0.593. The van der Waals surface area contributed by atoms with Crippen LogP contribution >= 0.6 is 0 Å². The number of rotatable bonds is 2. The van der Waals surface area contributed by atoms with Crippen molar-refractivity contribution in [1.82, 2.24) is 4.90 Å². The van der Waals surface area contributed by atoms with E-state index in [-0.39, 0.29) is 17.5 Å². The highest BCUT2D eigenvalue weighted by Gasteiger charge is 2.36. The Morgan fingerprint density at radius 1 is 1.22 bits per heavy atom. The second-order valence-corrected chi connectivity index (χ2v) is 4.70. The van der Waals surface area contributed by atoms with Crippen LogP contribution in [0.4, 0.5) is 4.39 Å². The smallest absolute Gasteiger partial charge is 0.185 e. The molecule has 3 aliphatic rings. The molecule has 1 aromatic rings. The monoisotopic (exact) mass is 247 g/mol. The Labute approximate surface area is 105 Å². The lowest BCUT2D eigenvalue weighted by Crippen LogP contribution is -2.46. The molecule has 4 rings (SSSR count). The van der Waals surface area contributed by atoms with E-state index >= 15 is 0 Å². The van der Waals surface area contributed by atoms with Gasteiger partial charge in [0.05, 0.1) is 0 Å². The fraction of sp³-hybridized carbons (Fsp3) is 0.357. The summed E-state index contributed by atoms with van der Waals surface area (Å²) in [6, 6.07) is 5.77. The number of Topliss-reactive ketones (excluding diaryl/α,β-unsaturated/α-hetero) is 1. The highest BCUT2D eigenvalue weighted by Crippen LogP contribution is 2.31. The zero-order chi connectivity index (χ0) is 12.5. The van der Waals surface area contributed by atoms with Gasteiger partial charge in [0.25, 0.3) is 0 Å². The Bertz CT molecular complexity index is 487. The van der Waals surface area contributed by atoms with Crippen LogP contribution in [0.1, 0.15) is 12.8 Å². The van der Waals surface area contributed by atoms with Gasteiger partial charge < -0.3 is 9.64 Å². The molecular formula is C14H14FNO2. The van der Waals surface area contributed by atoms with Crippen LogP contribution in [0.25, 0.3) is 0 Å². The van der Waals surface area contributed by atoms with Crippen LogP contribution in [0.15, 0.2) is 36.2 Å². The van der Waals surface area contributed by atoms with E-state index in [2.05, 4.69) is 4.90 Å². The number of allylic oxidation sites excluding steroid dienone is 1. The second-order valence-electron chi connectivity index (χ2n) is 4.70. The van der Waals surface area contributed by atoms with E-state index in [1.54, 1.807) is 12.1 Å². The predicted molar refractivity (Wildman–Crippen MR) is 64.4 cm³/mol. The van der Waals surface area contributed by atoms with Gasteiger partial charge in [0, 0.05) is 19.0 Å². The van der Waals surface area contributed by atoms with E-state index in [0.717, 1.165) is 25.9 Å². The Hall–Kier alpha value is -1.84. The number of piperidine rings is 3. The van der Waals surface area contributed by atoms with Crippen molar-refractivity contribution >= 4 is 5.78 Å². The number of ether oxygens (including phenoxy) is 1. The average Bonchev–Trinajstić information content (AvgIpc) is 2.41. The molecule has 3 nitrogen and oxygen atoms in total. The van der Waals surface area contributed by atoms with Crippen molar-refractivity contribution in [3.63, 3.8) is 0 Å². The Morgan fingerprint density at radius 3 is 2.50 bits per heavy atom. The molecule has 0 radical (unpaired) electrons. The van der Waals surface area contributed by atoms with Crippen molar-refractivity contribution < 1.29 is 13.9 Å². The molecule has 0 spiro atoms. The van der Waals surface area contributed by atoms with E-state index in [9.17, 15) is 9.18 Å². The zero-order valence-corrected chi connectivity index (χ0v) is 9.93. The first-order chi connectivity index (χ1) is 8.74. The van der Waals surface area contributed by atoms with E-state index in [0.29, 0.717) is 11.4 Å². The molecule has 0 atom stereocenters. The summed E-state index contributed by atoms with van der Waals surface area (Å²) in [5, 5.41) is 0. The molecule has 3 saturated heterocycles. The molecule has 3 fully saturated rings. The first-order valence-electron chi connectivity index (χ1n) is 6.15. The van der Waals surface area contributed by atoms with Gasteiger partial charge in [0.1, 0.15) is 23.5 Å². The first-order valence-corrected chi connectivity index (χ1v) is 6.15. The predicted octanol–water partition coefficient (Wildman–Crippen LogP) is 2.34. The molecule has 0 unspecified atom stereocenters. The van der Waals surface area contributed by atoms with Gasteiger partial charge in [-0.2, -0.15) is 0 Å². The minimum Gasteiger partial charge on any atom is -0.463 e.